The second-order valence-electron chi connectivity index (χ2n) is 8.00. The number of benzene rings is 1. The quantitative estimate of drug-likeness (QED) is 0.788. The topological polar surface area (TPSA) is 32.8 Å². The Morgan fingerprint density at radius 1 is 1.17 bits per heavy atom. The maximum atomic E-state index is 12.4. The van der Waals surface area contributed by atoms with Gasteiger partial charge in [0.25, 0.3) is 0 Å². The standard InChI is InChI=1S/C19H28N2O2/c1-14-7-6-8-16(15(14)2)21-12-11-20(13-19(21)9-10-19)17(22)23-18(3,4)5/h6-8H,9-13H2,1-5H3. The first-order valence-corrected chi connectivity index (χ1v) is 8.54. The van der Waals surface area contributed by atoms with E-state index in [1.807, 2.05) is 25.7 Å². The molecule has 3 rings (SSSR count). The van der Waals surface area contributed by atoms with Crippen LogP contribution in [-0.2, 0) is 4.74 Å². The lowest BCUT2D eigenvalue weighted by molar-refractivity contribution is 0.0205. The van der Waals surface area contributed by atoms with Crippen molar-refractivity contribution in [2.45, 2.75) is 58.6 Å². The zero-order valence-corrected chi connectivity index (χ0v) is 15.0. The molecule has 0 bridgehead atoms. The van der Waals surface area contributed by atoms with Crippen molar-refractivity contribution < 1.29 is 9.53 Å². The zero-order chi connectivity index (χ0) is 16.8. The van der Waals surface area contributed by atoms with E-state index in [0.29, 0.717) is 0 Å². The van der Waals surface area contributed by atoms with Crippen LogP contribution in [0.4, 0.5) is 10.5 Å². The molecule has 1 saturated carbocycles. The highest BCUT2D eigenvalue weighted by atomic mass is 16.6. The lowest BCUT2D eigenvalue weighted by atomic mass is 10.0. The van der Waals surface area contributed by atoms with Crippen molar-refractivity contribution in [3.05, 3.63) is 29.3 Å². The molecule has 0 aromatic heterocycles. The molecule has 4 nitrogen and oxygen atoms in total. The van der Waals surface area contributed by atoms with Gasteiger partial charge in [0.1, 0.15) is 5.60 Å². The second-order valence-corrected chi connectivity index (χ2v) is 8.00. The van der Waals surface area contributed by atoms with Crippen LogP contribution in [0.5, 0.6) is 0 Å². The van der Waals surface area contributed by atoms with Crippen molar-refractivity contribution in [1.29, 1.82) is 0 Å². The number of hydrogen-bond donors (Lipinski definition) is 0. The molecule has 1 aromatic rings. The van der Waals surface area contributed by atoms with Crippen LogP contribution in [0.1, 0.15) is 44.7 Å². The van der Waals surface area contributed by atoms with Crippen LogP contribution in [0, 0.1) is 13.8 Å². The van der Waals surface area contributed by atoms with E-state index in [1.54, 1.807) is 0 Å². The Kier molecular flexibility index (Phi) is 3.81. The van der Waals surface area contributed by atoms with Gasteiger partial charge in [-0.05, 0) is 64.7 Å². The molecular formula is C19H28N2O2. The van der Waals surface area contributed by atoms with Crippen LogP contribution >= 0.6 is 0 Å². The number of ether oxygens (including phenoxy) is 1. The first-order valence-electron chi connectivity index (χ1n) is 8.54. The number of piperazine rings is 1. The largest absolute Gasteiger partial charge is 0.444 e. The number of nitrogens with zero attached hydrogens (tertiary/aromatic N) is 2. The summed E-state index contributed by atoms with van der Waals surface area (Å²) in [5, 5.41) is 0. The Balaban J connectivity index is 1.77. The highest BCUT2D eigenvalue weighted by molar-refractivity contribution is 5.70. The number of aryl methyl sites for hydroxylation is 1. The number of rotatable bonds is 1. The van der Waals surface area contributed by atoms with Gasteiger partial charge in [0, 0.05) is 25.3 Å². The van der Waals surface area contributed by atoms with E-state index in [9.17, 15) is 4.79 Å². The lowest BCUT2D eigenvalue weighted by Crippen LogP contribution is -2.57. The van der Waals surface area contributed by atoms with Crippen molar-refractivity contribution in [1.82, 2.24) is 4.90 Å². The van der Waals surface area contributed by atoms with Gasteiger partial charge in [-0.25, -0.2) is 4.79 Å². The Labute approximate surface area is 139 Å². The van der Waals surface area contributed by atoms with E-state index >= 15 is 0 Å². The van der Waals surface area contributed by atoms with Gasteiger partial charge < -0.3 is 14.5 Å². The summed E-state index contributed by atoms with van der Waals surface area (Å²) in [7, 11) is 0. The number of amides is 1. The van der Waals surface area contributed by atoms with E-state index in [1.165, 1.54) is 16.8 Å². The highest BCUT2D eigenvalue weighted by Crippen LogP contribution is 2.47. The van der Waals surface area contributed by atoms with Gasteiger partial charge in [-0.3, -0.25) is 0 Å². The Bertz CT molecular complexity index is 614. The molecule has 0 unspecified atom stereocenters. The third kappa shape index (κ3) is 3.17. The Morgan fingerprint density at radius 2 is 1.87 bits per heavy atom. The number of carbonyl (C=O) groups is 1. The summed E-state index contributed by atoms with van der Waals surface area (Å²) in [6.07, 6.45) is 2.13. The molecule has 0 atom stereocenters. The van der Waals surface area contributed by atoms with Gasteiger partial charge in [0.2, 0.25) is 0 Å². The van der Waals surface area contributed by atoms with E-state index in [0.717, 1.165) is 32.5 Å². The number of anilines is 1. The third-order valence-corrected chi connectivity index (χ3v) is 5.00. The SMILES string of the molecule is Cc1cccc(N2CCN(C(=O)OC(C)(C)C)CC23CC3)c1C. The van der Waals surface area contributed by atoms with E-state index in [2.05, 4.69) is 36.9 Å². The zero-order valence-electron chi connectivity index (χ0n) is 15.0. The number of hydrogen-bond acceptors (Lipinski definition) is 3. The van der Waals surface area contributed by atoms with Crippen LogP contribution in [0.15, 0.2) is 18.2 Å². The highest BCUT2D eigenvalue weighted by Gasteiger charge is 2.52. The molecule has 1 heterocycles. The van der Waals surface area contributed by atoms with Gasteiger partial charge >= 0.3 is 6.09 Å². The summed E-state index contributed by atoms with van der Waals surface area (Å²) in [5.41, 5.74) is 3.69. The monoisotopic (exact) mass is 316 g/mol. The molecule has 126 valence electrons. The van der Waals surface area contributed by atoms with Crippen LogP contribution in [0.2, 0.25) is 0 Å². The number of carbonyl (C=O) groups excluding carboxylic acids is 1. The molecule has 1 amide bonds. The molecule has 4 heteroatoms. The van der Waals surface area contributed by atoms with Crippen molar-refractivity contribution in [3.63, 3.8) is 0 Å². The smallest absolute Gasteiger partial charge is 0.410 e. The fourth-order valence-corrected chi connectivity index (χ4v) is 3.44. The predicted molar refractivity (Wildman–Crippen MR) is 93.0 cm³/mol. The van der Waals surface area contributed by atoms with Crippen molar-refractivity contribution in [2.75, 3.05) is 24.5 Å². The average Bonchev–Trinajstić information content (AvgIpc) is 3.20. The summed E-state index contributed by atoms with van der Waals surface area (Å²) in [4.78, 5) is 16.8. The van der Waals surface area contributed by atoms with Crippen molar-refractivity contribution in [3.8, 4) is 0 Å². The molecule has 0 N–H and O–H groups in total. The van der Waals surface area contributed by atoms with Gasteiger partial charge in [0.05, 0.1) is 5.54 Å². The molecule has 1 aromatic carbocycles. The minimum atomic E-state index is -0.432. The summed E-state index contributed by atoms with van der Waals surface area (Å²) in [6.45, 7) is 12.5. The molecule has 23 heavy (non-hydrogen) atoms. The van der Waals surface area contributed by atoms with Crippen LogP contribution in [0.25, 0.3) is 0 Å². The molecule has 0 radical (unpaired) electrons. The molecule has 1 saturated heterocycles. The van der Waals surface area contributed by atoms with Gasteiger partial charge in [0.15, 0.2) is 0 Å². The van der Waals surface area contributed by atoms with Gasteiger partial charge in [-0.1, -0.05) is 12.1 Å². The molecular weight excluding hydrogens is 288 g/mol. The van der Waals surface area contributed by atoms with Crippen molar-refractivity contribution >= 4 is 11.8 Å². The lowest BCUT2D eigenvalue weighted by Gasteiger charge is -2.44. The maximum absolute atomic E-state index is 12.4. The summed E-state index contributed by atoms with van der Waals surface area (Å²) >= 11 is 0. The van der Waals surface area contributed by atoms with E-state index < -0.39 is 5.60 Å². The molecule has 2 fully saturated rings. The van der Waals surface area contributed by atoms with E-state index in [-0.39, 0.29) is 11.6 Å². The molecule has 1 aliphatic heterocycles. The summed E-state index contributed by atoms with van der Waals surface area (Å²) in [5.74, 6) is 0. The van der Waals surface area contributed by atoms with Gasteiger partial charge in [-0.2, -0.15) is 0 Å². The third-order valence-electron chi connectivity index (χ3n) is 5.00. The van der Waals surface area contributed by atoms with Crippen LogP contribution in [-0.4, -0.2) is 41.8 Å². The minimum absolute atomic E-state index is 0.119. The first kappa shape index (κ1) is 16.2. The minimum Gasteiger partial charge on any atom is -0.444 e. The molecule has 2 aliphatic rings. The Morgan fingerprint density at radius 3 is 2.48 bits per heavy atom. The normalized spacial score (nSPS) is 19.9. The molecule has 1 spiro atoms. The average molecular weight is 316 g/mol. The summed E-state index contributed by atoms with van der Waals surface area (Å²) < 4.78 is 5.55. The van der Waals surface area contributed by atoms with Crippen molar-refractivity contribution in [2.24, 2.45) is 0 Å². The fourth-order valence-electron chi connectivity index (χ4n) is 3.44. The first-order chi connectivity index (χ1) is 10.7. The second kappa shape index (κ2) is 5.43. The maximum Gasteiger partial charge on any atom is 0.410 e. The van der Waals surface area contributed by atoms with Gasteiger partial charge in [-0.15, -0.1) is 0 Å². The molecule has 1 aliphatic carbocycles. The summed E-state index contributed by atoms with van der Waals surface area (Å²) in [6, 6.07) is 6.51. The van der Waals surface area contributed by atoms with Crippen LogP contribution in [0.3, 0.4) is 0 Å². The fraction of sp³-hybridized carbons (Fsp3) is 0.632. The predicted octanol–water partition coefficient (Wildman–Crippen LogP) is 3.89. The van der Waals surface area contributed by atoms with E-state index in [4.69, 9.17) is 4.74 Å². The Hall–Kier alpha value is -1.71. The van der Waals surface area contributed by atoms with Crippen LogP contribution < -0.4 is 4.90 Å².